The van der Waals surface area contributed by atoms with Gasteiger partial charge in [0.15, 0.2) is 0 Å². The molecular weight excluding hydrogens is 368 g/mol. The van der Waals surface area contributed by atoms with Crippen LogP contribution in [0, 0.1) is 5.92 Å². The van der Waals surface area contributed by atoms with Gasteiger partial charge in [0.05, 0.1) is 4.90 Å². The van der Waals surface area contributed by atoms with Crippen molar-refractivity contribution >= 4 is 39.0 Å². The minimum absolute atomic E-state index is 0.251. The van der Waals surface area contributed by atoms with E-state index in [1.165, 1.54) is 6.08 Å². The zero-order valence-corrected chi connectivity index (χ0v) is 16.2. The number of carbonyl (C=O) groups is 1. The summed E-state index contributed by atoms with van der Waals surface area (Å²) in [6.07, 6.45) is 5.17. The van der Waals surface area contributed by atoms with E-state index in [1.54, 1.807) is 46.0 Å². The van der Waals surface area contributed by atoms with Crippen LogP contribution in [0.3, 0.4) is 0 Å². The lowest BCUT2D eigenvalue weighted by Crippen LogP contribution is -2.39. The Kier molecular flexibility index (Phi) is 5.90. The van der Waals surface area contributed by atoms with E-state index in [-0.39, 0.29) is 10.8 Å². The summed E-state index contributed by atoms with van der Waals surface area (Å²) in [6.45, 7) is 3.21. The average Bonchev–Trinajstić information content (AvgIpc) is 3.14. The number of rotatable bonds is 5. The third-order valence-electron chi connectivity index (χ3n) is 4.32. The predicted molar refractivity (Wildman–Crippen MR) is 106 cm³/mol. The van der Waals surface area contributed by atoms with E-state index in [0.717, 1.165) is 17.7 Å². The largest absolute Gasteiger partial charge is 0.323 e. The highest BCUT2D eigenvalue weighted by atomic mass is 32.2. The fourth-order valence-corrected chi connectivity index (χ4v) is 5.17. The van der Waals surface area contributed by atoms with E-state index in [1.807, 2.05) is 17.5 Å². The van der Waals surface area contributed by atoms with Crippen LogP contribution in [0.2, 0.25) is 0 Å². The zero-order valence-electron chi connectivity index (χ0n) is 14.6. The molecule has 0 aliphatic carbocycles. The quantitative estimate of drug-likeness (QED) is 0.789. The first kappa shape index (κ1) is 18.8. The van der Waals surface area contributed by atoms with E-state index >= 15 is 0 Å². The van der Waals surface area contributed by atoms with Gasteiger partial charge in [-0.05, 0) is 60.5 Å². The van der Waals surface area contributed by atoms with E-state index in [4.69, 9.17) is 0 Å². The Hall–Kier alpha value is -1.96. The van der Waals surface area contributed by atoms with Crippen LogP contribution in [0.1, 0.15) is 24.6 Å². The summed E-state index contributed by atoms with van der Waals surface area (Å²) in [7, 11) is -3.47. The molecule has 1 unspecified atom stereocenters. The van der Waals surface area contributed by atoms with Gasteiger partial charge >= 0.3 is 0 Å². The van der Waals surface area contributed by atoms with Crippen LogP contribution < -0.4 is 5.32 Å². The number of hydrogen-bond donors (Lipinski definition) is 1. The van der Waals surface area contributed by atoms with E-state index < -0.39 is 10.0 Å². The topological polar surface area (TPSA) is 66.5 Å². The Labute approximate surface area is 158 Å². The fourth-order valence-electron chi connectivity index (χ4n) is 2.95. The molecule has 0 radical (unpaired) electrons. The SMILES string of the molecule is CC1CCCN(S(=O)(=O)c2ccc(NC(=O)C=Cc3cccs3)cc2)C1. The molecule has 1 aromatic heterocycles. The number of thiophene rings is 1. The zero-order chi connectivity index (χ0) is 18.6. The molecule has 1 fully saturated rings. The summed E-state index contributed by atoms with van der Waals surface area (Å²) < 4.78 is 27.0. The van der Waals surface area contributed by atoms with Crippen LogP contribution in [0.4, 0.5) is 5.69 Å². The molecule has 138 valence electrons. The molecular formula is C19H22N2O3S2. The van der Waals surface area contributed by atoms with Crippen molar-refractivity contribution in [3.05, 3.63) is 52.7 Å². The molecule has 1 atom stereocenters. The highest BCUT2D eigenvalue weighted by Gasteiger charge is 2.28. The van der Waals surface area contributed by atoms with Crippen LogP contribution in [0.5, 0.6) is 0 Å². The molecule has 3 rings (SSSR count). The first-order valence-electron chi connectivity index (χ1n) is 8.58. The van der Waals surface area contributed by atoms with Crippen molar-refractivity contribution in [3.8, 4) is 0 Å². The molecule has 0 saturated carbocycles. The number of anilines is 1. The summed E-state index contributed by atoms with van der Waals surface area (Å²) in [5, 5.41) is 4.68. The third-order valence-corrected chi connectivity index (χ3v) is 7.04. The minimum Gasteiger partial charge on any atom is -0.323 e. The van der Waals surface area contributed by atoms with Crippen molar-refractivity contribution < 1.29 is 13.2 Å². The second-order valence-electron chi connectivity index (χ2n) is 6.47. The van der Waals surface area contributed by atoms with Crippen LogP contribution in [-0.4, -0.2) is 31.7 Å². The molecule has 1 aromatic carbocycles. The number of carbonyl (C=O) groups excluding carboxylic acids is 1. The molecule has 2 heterocycles. The highest BCUT2D eigenvalue weighted by Crippen LogP contribution is 2.24. The fraction of sp³-hybridized carbons (Fsp3) is 0.316. The van der Waals surface area contributed by atoms with E-state index in [0.29, 0.717) is 24.7 Å². The van der Waals surface area contributed by atoms with Crippen LogP contribution >= 0.6 is 11.3 Å². The van der Waals surface area contributed by atoms with Crippen molar-refractivity contribution in [3.63, 3.8) is 0 Å². The first-order valence-corrected chi connectivity index (χ1v) is 10.9. The predicted octanol–water partition coefficient (Wildman–Crippen LogP) is 3.82. The van der Waals surface area contributed by atoms with Gasteiger partial charge in [-0.15, -0.1) is 11.3 Å². The molecule has 7 heteroatoms. The highest BCUT2D eigenvalue weighted by molar-refractivity contribution is 7.89. The van der Waals surface area contributed by atoms with Crippen molar-refractivity contribution in [2.24, 2.45) is 5.92 Å². The van der Waals surface area contributed by atoms with Crippen molar-refractivity contribution in [2.75, 3.05) is 18.4 Å². The molecule has 0 spiro atoms. The lowest BCUT2D eigenvalue weighted by molar-refractivity contribution is -0.111. The van der Waals surface area contributed by atoms with Gasteiger partial charge in [-0.3, -0.25) is 4.79 Å². The smallest absolute Gasteiger partial charge is 0.248 e. The van der Waals surface area contributed by atoms with Crippen molar-refractivity contribution in [1.29, 1.82) is 0 Å². The molecule has 2 aromatic rings. The Bertz CT molecular complexity index is 872. The van der Waals surface area contributed by atoms with Gasteiger partial charge in [-0.2, -0.15) is 4.31 Å². The van der Waals surface area contributed by atoms with Gasteiger partial charge in [-0.25, -0.2) is 8.42 Å². The van der Waals surface area contributed by atoms with E-state index in [2.05, 4.69) is 12.2 Å². The number of nitrogens with zero attached hydrogens (tertiary/aromatic N) is 1. The number of nitrogens with one attached hydrogen (secondary N) is 1. The summed E-state index contributed by atoms with van der Waals surface area (Å²) in [5.41, 5.74) is 0.566. The number of sulfonamides is 1. The molecule has 5 nitrogen and oxygen atoms in total. The summed E-state index contributed by atoms with van der Waals surface area (Å²) in [6, 6.07) is 10.2. The molecule has 1 aliphatic rings. The monoisotopic (exact) mass is 390 g/mol. The first-order chi connectivity index (χ1) is 12.4. The maximum atomic E-state index is 12.7. The second-order valence-corrected chi connectivity index (χ2v) is 9.39. The van der Waals surface area contributed by atoms with Gasteiger partial charge in [0, 0.05) is 29.7 Å². The van der Waals surface area contributed by atoms with Crippen molar-refractivity contribution in [2.45, 2.75) is 24.7 Å². The maximum Gasteiger partial charge on any atom is 0.248 e. The molecule has 1 amide bonds. The lowest BCUT2D eigenvalue weighted by Gasteiger charge is -2.30. The number of hydrogen-bond acceptors (Lipinski definition) is 4. The van der Waals surface area contributed by atoms with Gasteiger partial charge < -0.3 is 5.32 Å². The van der Waals surface area contributed by atoms with Gasteiger partial charge in [0.25, 0.3) is 0 Å². The maximum absolute atomic E-state index is 12.7. The normalized spacial score (nSPS) is 18.9. The summed E-state index contributed by atoms with van der Waals surface area (Å²) in [4.78, 5) is 13.2. The summed E-state index contributed by atoms with van der Waals surface area (Å²) in [5.74, 6) is 0.131. The minimum atomic E-state index is -3.47. The number of amides is 1. The second kappa shape index (κ2) is 8.16. The standard InChI is InChI=1S/C19H22N2O3S2/c1-15-4-2-12-21(14-15)26(23,24)18-9-6-16(7-10-18)20-19(22)11-8-17-5-3-13-25-17/h3,5-11,13,15H,2,4,12,14H2,1H3,(H,20,22). The number of benzene rings is 1. The Morgan fingerprint density at radius 3 is 2.69 bits per heavy atom. The average molecular weight is 391 g/mol. The Morgan fingerprint density at radius 2 is 2.04 bits per heavy atom. The third kappa shape index (κ3) is 4.60. The van der Waals surface area contributed by atoms with Gasteiger partial charge in [0.2, 0.25) is 15.9 Å². The lowest BCUT2D eigenvalue weighted by atomic mass is 10.0. The molecule has 26 heavy (non-hydrogen) atoms. The molecule has 1 N–H and O–H groups in total. The van der Waals surface area contributed by atoms with Gasteiger partial charge in [0.1, 0.15) is 0 Å². The summed E-state index contributed by atoms with van der Waals surface area (Å²) >= 11 is 1.55. The van der Waals surface area contributed by atoms with Crippen LogP contribution in [0.25, 0.3) is 6.08 Å². The number of piperidine rings is 1. The van der Waals surface area contributed by atoms with Gasteiger partial charge in [-0.1, -0.05) is 13.0 Å². The Balaban J connectivity index is 1.65. The van der Waals surface area contributed by atoms with Crippen LogP contribution in [0.15, 0.2) is 52.7 Å². The molecule has 1 saturated heterocycles. The Morgan fingerprint density at radius 1 is 1.27 bits per heavy atom. The molecule has 0 bridgehead atoms. The van der Waals surface area contributed by atoms with E-state index in [9.17, 15) is 13.2 Å². The van der Waals surface area contributed by atoms with Crippen molar-refractivity contribution in [1.82, 2.24) is 4.31 Å². The molecule has 1 aliphatic heterocycles. The van der Waals surface area contributed by atoms with Crippen LogP contribution in [-0.2, 0) is 14.8 Å².